The van der Waals surface area contributed by atoms with E-state index in [0.29, 0.717) is 12.0 Å². The molecule has 1 saturated carbocycles. The lowest BCUT2D eigenvalue weighted by Crippen LogP contribution is -2.39. The van der Waals surface area contributed by atoms with Gasteiger partial charge in [-0.05, 0) is 49.4 Å². The van der Waals surface area contributed by atoms with Crippen LogP contribution in [0.2, 0.25) is 0 Å². The van der Waals surface area contributed by atoms with E-state index in [2.05, 4.69) is 41.8 Å². The van der Waals surface area contributed by atoms with Crippen LogP contribution in [0, 0.1) is 0 Å². The molecule has 4 aromatic rings. The van der Waals surface area contributed by atoms with Crippen LogP contribution in [-0.4, -0.2) is 43.1 Å². The summed E-state index contributed by atoms with van der Waals surface area (Å²) in [4.78, 5) is 23.7. The number of benzene rings is 1. The number of anilines is 1. The molecule has 0 spiro atoms. The first-order chi connectivity index (χ1) is 14.7. The number of carbonyl (C=O) groups excluding carboxylic acids is 1. The highest BCUT2D eigenvalue weighted by molar-refractivity contribution is 5.96. The predicted octanol–water partition coefficient (Wildman–Crippen LogP) is 3.43. The number of carbonyl (C=O) groups is 1. The van der Waals surface area contributed by atoms with E-state index in [1.807, 2.05) is 30.6 Å². The van der Waals surface area contributed by atoms with E-state index < -0.39 is 0 Å². The van der Waals surface area contributed by atoms with Crippen molar-refractivity contribution in [1.29, 1.82) is 0 Å². The van der Waals surface area contributed by atoms with E-state index in [9.17, 15) is 4.79 Å². The first-order valence-corrected chi connectivity index (χ1v) is 10.3. The third-order valence-electron chi connectivity index (χ3n) is 5.72. The van der Waals surface area contributed by atoms with Gasteiger partial charge in [0, 0.05) is 47.7 Å². The van der Waals surface area contributed by atoms with Gasteiger partial charge < -0.3 is 15.6 Å². The van der Waals surface area contributed by atoms with Gasteiger partial charge in [-0.2, -0.15) is 15.2 Å². The summed E-state index contributed by atoms with van der Waals surface area (Å²) in [6.07, 6.45) is 9.46. The second-order valence-electron chi connectivity index (χ2n) is 7.86. The molecule has 8 heteroatoms. The molecule has 30 heavy (non-hydrogen) atoms. The van der Waals surface area contributed by atoms with Crippen molar-refractivity contribution >= 4 is 33.8 Å². The molecule has 0 unspecified atom stereocenters. The van der Waals surface area contributed by atoms with Crippen LogP contribution >= 0.6 is 0 Å². The standard InChI is InChI=1S/C22H23N7O/c1-13(30)26-16-3-5-17(6-4-16)27-22-24-12-19-18(11-23-21(19)28-22)14-2-7-20-15(10-14)8-9-25-29-20/h2,7-12,16-17H,3-6H2,1H3,(H,26,30)(H2,23,24,27,28)/t16-,17+. The molecule has 1 aliphatic rings. The molecule has 8 nitrogen and oxygen atoms in total. The minimum atomic E-state index is 0.0436. The second kappa shape index (κ2) is 7.70. The van der Waals surface area contributed by atoms with Crippen molar-refractivity contribution in [2.24, 2.45) is 0 Å². The minimum Gasteiger partial charge on any atom is -0.354 e. The van der Waals surface area contributed by atoms with E-state index in [4.69, 9.17) is 0 Å². The van der Waals surface area contributed by atoms with Crippen molar-refractivity contribution in [3.05, 3.63) is 42.9 Å². The largest absolute Gasteiger partial charge is 0.354 e. The Balaban J connectivity index is 1.33. The number of nitrogens with one attached hydrogen (secondary N) is 3. The highest BCUT2D eigenvalue weighted by atomic mass is 16.1. The van der Waals surface area contributed by atoms with Crippen LogP contribution in [-0.2, 0) is 4.79 Å². The zero-order chi connectivity index (χ0) is 20.5. The maximum Gasteiger partial charge on any atom is 0.224 e. The third-order valence-corrected chi connectivity index (χ3v) is 5.72. The van der Waals surface area contributed by atoms with Gasteiger partial charge in [0.1, 0.15) is 5.65 Å². The Hall–Kier alpha value is -3.55. The van der Waals surface area contributed by atoms with Crippen LogP contribution in [0.4, 0.5) is 5.95 Å². The second-order valence-corrected chi connectivity index (χ2v) is 7.86. The average Bonchev–Trinajstić information content (AvgIpc) is 3.18. The fourth-order valence-corrected chi connectivity index (χ4v) is 4.22. The molecule has 0 aliphatic heterocycles. The average molecular weight is 401 g/mol. The van der Waals surface area contributed by atoms with Crippen molar-refractivity contribution in [1.82, 2.24) is 30.5 Å². The minimum absolute atomic E-state index is 0.0436. The zero-order valence-electron chi connectivity index (χ0n) is 16.7. The van der Waals surface area contributed by atoms with E-state index in [0.717, 1.165) is 58.7 Å². The van der Waals surface area contributed by atoms with Gasteiger partial charge in [0.05, 0.1) is 11.7 Å². The van der Waals surface area contributed by atoms with Gasteiger partial charge in [0.15, 0.2) is 0 Å². The molecule has 152 valence electrons. The number of H-pyrrole nitrogens is 1. The Kier molecular flexibility index (Phi) is 4.74. The molecular weight excluding hydrogens is 378 g/mol. The first-order valence-electron chi connectivity index (χ1n) is 10.3. The lowest BCUT2D eigenvalue weighted by atomic mass is 9.91. The van der Waals surface area contributed by atoms with Crippen molar-refractivity contribution in [2.75, 3.05) is 5.32 Å². The Morgan fingerprint density at radius 2 is 1.97 bits per heavy atom. The molecule has 0 saturated heterocycles. The van der Waals surface area contributed by atoms with E-state index >= 15 is 0 Å². The number of nitrogens with zero attached hydrogens (tertiary/aromatic N) is 4. The van der Waals surface area contributed by atoms with Gasteiger partial charge in [-0.3, -0.25) is 4.79 Å². The fourth-order valence-electron chi connectivity index (χ4n) is 4.22. The van der Waals surface area contributed by atoms with Crippen LogP contribution in [0.25, 0.3) is 33.1 Å². The summed E-state index contributed by atoms with van der Waals surface area (Å²) in [6.45, 7) is 1.57. The normalized spacial score (nSPS) is 19.1. The maximum atomic E-state index is 11.2. The summed E-state index contributed by atoms with van der Waals surface area (Å²) in [6, 6.07) is 8.68. The van der Waals surface area contributed by atoms with Crippen LogP contribution in [0.1, 0.15) is 32.6 Å². The smallest absolute Gasteiger partial charge is 0.224 e. The molecule has 3 N–H and O–H groups in total. The van der Waals surface area contributed by atoms with E-state index in [1.165, 1.54) is 0 Å². The number of aromatic nitrogens is 5. The van der Waals surface area contributed by atoms with Crippen LogP contribution in [0.15, 0.2) is 42.9 Å². The highest BCUT2D eigenvalue weighted by Crippen LogP contribution is 2.30. The maximum absolute atomic E-state index is 11.2. The Labute approximate surface area is 173 Å². The summed E-state index contributed by atoms with van der Waals surface area (Å²) in [5.41, 5.74) is 3.83. The van der Waals surface area contributed by atoms with Crippen molar-refractivity contribution < 1.29 is 4.79 Å². The summed E-state index contributed by atoms with van der Waals surface area (Å²) in [7, 11) is 0. The Morgan fingerprint density at radius 1 is 1.13 bits per heavy atom. The topological polar surface area (TPSA) is 108 Å². The lowest BCUT2D eigenvalue weighted by molar-refractivity contribution is -0.119. The van der Waals surface area contributed by atoms with Gasteiger partial charge in [-0.15, -0.1) is 0 Å². The summed E-state index contributed by atoms with van der Waals surface area (Å²) < 4.78 is 0. The molecular formula is C22H23N7O. The number of hydrogen-bond acceptors (Lipinski definition) is 6. The summed E-state index contributed by atoms with van der Waals surface area (Å²) >= 11 is 0. The van der Waals surface area contributed by atoms with Gasteiger partial charge in [-0.25, -0.2) is 4.98 Å². The molecule has 0 atom stereocenters. The SMILES string of the molecule is CC(=O)N[C@H]1CC[C@@H](Nc2ncc3c(-c4ccc5nnccc5c4)c[nH]c3n2)CC1. The van der Waals surface area contributed by atoms with Crippen LogP contribution in [0.5, 0.6) is 0 Å². The zero-order valence-corrected chi connectivity index (χ0v) is 16.7. The quantitative estimate of drug-likeness (QED) is 0.483. The number of aromatic amines is 1. The van der Waals surface area contributed by atoms with Gasteiger partial charge in [0.2, 0.25) is 11.9 Å². The highest BCUT2D eigenvalue weighted by Gasteiger charge is 2.22. The molecule has 0 radical (unpaired) electrons. The molecule has 1 aliphatic carbocycles. The molecule has 5 rings (SSSR count). The number of amides is 1. The van der Waals surface area contributed by atoms with Gasteiger partial charge in [-0.1, -0.05) is 6.07 Å². The Bertz CT molecular complexity index is 1210. The fraction of sp³-hybridized carbons (Fsp3) is 0.318. The molecule has 1 amide bonds. The number of hydrogen-bond donors (Lipinski definition) is 3. The lowest BCUT2D eigenvalue weighted by Gasteiger charge is -2.29. The van der Waals surface area contributed by atoms with Crippen LogP contribution in [0.3, 0.4) is 0 Å². The van der Waals surface area contributed by atoms with Crippen molar-refractivity contribution in [3.8, 4) is 11.1 Å². The molecule has 3 heterocycles. The summed E-state index contributed by atoms with van der Waals surface area (Å²) in [5, 5.41) is 16.6. The number of rotatable bonds is 4. The summed E-state index contributed by atoms with van der Waals surface area (Å²) in [5.74, 6) is 0.676. The van der Waals surface area contributed by atoms with Crippen molar-refractivity contribution in [2.45, 2.75) is 44.7 Å². The third kappa shape index (κ3) is 3.68. The van der Waals surface area contributed by atoms with Gasteiger partial charge in [0.25, 0.3) is 0 Å². The van der Waals surface area contributed by atoms with Gasteiger partial charge >= 0.3 is 0 Å². The number of fused-ring (bicyclic) bond motifs is 2. The monoisotopic (exact) mass is 401 g/mol. The van der Waals surface area contributed by atoms with Crippen LogP contribution < -0.4 is 10.6 Å². The van der Waals surface area contributed by atoms with Crippen molar-refractivity contribution in [3.63, 3.8) is 0 Å². The molecule has 1 fully saturated rings. The predicted molar refractivity (Wildman–Crippen MR) is 116 cm³/mol. The molecule has 0 bridgehead atoms. The molecule has 1 aromatic carbocycles. The van der Waals surface area contributed by atoms with E-state index in [-0.39, 0.29) is 11.9 Å². The first kappa shape index (κ1) is 18.5. The van der Waals surface area contributed by atoms with E-state index in [1.54, 1.807) is 13.1 Å². The molecule has 3 aromatic heterocycles. The Morgan fingerprint density at radius 3 is 2.80 bits per heavy atom.